The summed E-state index contributed by atoms with van der Waals surface area (Å²) in [6, 6.07) is 10.0. The lowest BCUT2D eigenvalue weighted by Crippen LogP contribution is -2.36. The Labute approximate surface area is 240 Å². The molecule has 0 aliphatic carbocycles. The predicted octanol–water partition coefficient (Wildman–Crippen LogP) is 4.57. The van der Waals surface area contributed by atoms with Crippen LogP contribution in [0.5, 0.6) is 17.2 Å². The number of methoxy groups -OCH3 is 1. The van der Waals surface area contributed by atoms with Crippen molar-refractivity contribution in [3.63, 3.8) is 0 Å². The predicted molar refractivity (Wildman–Crippen MR) is 153 cm³/mol. The summed E-state index contributed by atoms with van der Waals surface area (Å²) in [5, 5.41) is 11.6. The first-order chi connectivity index (χ1) is 19.8. The van der Waals surface area contributed by atoms with Crippen molar-refractivity contribution < 1.29 is 33.5 Å². The number of ketones is 1. The summed E-state index contributed by atoms with van der Waals surface area (Å²) >= 11 is 0. The van der Waals surface area contributed by atoms with Gasteiger partial charge in [0.15, 0.2) is 11.5 Å². The number of ether oxygens (including phenoxy) is 3. The quantitative estimate of drug-likeness (QED) is 0.154. The number of aromatic nitrogens is 2. The number of Topliss-reactive ketones (excluding diaryl/α,β-unsaturated/α-hetero) is 1. The molecule has 1 saturated heterocycles. The third kappa shape index (κ3) is 5.94. The van der Waals surface area contributed by atoms with E-state index < -0.39 is 17.7 Å². The minimum Gasteiger partial charge on any atom is -0.507 e. The van der Waals surface area contributed by atoms with Gasteiger partial charge in [-0.1, -0.05) is 19.9 Å². The van der Waals surface area contributed by atoms with Crippen LogP contribution in [-0.2, 0) is 22.6 Å². The molecule has 2 N–H and O–H groups in total. The summed E-state index contributed by atoms with van der Waals surface area (Å²) in [7, 11) is 1.56. The van der Waals surface area contributed by atoms with Gasteiger partial charge < -0.3 is 24.2 Å². The van der Waals surface area contributed by atoms with Gasteiger partial charge in [-0.25, -0.2) is 4.57 Å². The normalized spacial score (nSPS) is 19.5. The van der Waals surface area contributed by atoms with Crippen molar-refractivity contribution in [2.24, 2.45) is 5.92 Å². The zero-order valence-electron chi connectivity index (χ0n) is 24.1. The Morgan fingerprint density at radius 1 is 1.20 bits per heavy atom. The maximum Gasteiger partial charge on any atom is 0.295 e. The zero-order valence-corrected chi connectivity index (χ0v) is 24.1. The molecule has 0 bridgehead atoms. The fourth-order valence-corrected chi connectivity index (χ4v) is 5.44. The lowest BCUT2D eigenvalue weighted by Gasteiger charge is -2.26. The Balaban J connectivity index is 1.52. The smallest absolute Gasteiger partial charge is 0.295 e. The molecule has 9 nitrogen and oxygen atoms in total. The standard InChI is InChI=1S/C32H37N3O6/c1-20(2)10-15-40-26-9-6-22(18-27(26)39-4)29-28(30(36)23-7-8-25-24(17-23)16-21(3)41-25)31(37)32(38)35(29)13-5-12-34-14-11-33-19-34/h6-9,11,14,17-21,29H,5,10,12-13,15-16H2,1-4H3,(H,36,37)/p+1. The van der Waals surface area contributed by atoms with Crippen LogP contribution in [0, 0.1) is 5.92 Å². The van der Waals surface area contributed by atoms with Crippen molar-refractivity contribution >= 4 is 17.4 Å². The van der Waals surface area contributed by atoms with E-state index in [1.165, 1.54) is 0 Å². The molecule has 0 radical (unpaired) electrons. The highest BCUT2D eigenvalue weighted by Crippen LogP contribution is 2.43. The first-order valence-corrected chi connectivity index (χ1v) is 14.2. The van der Waals surface area contributed by atoms with Crippen LogP contribution in [0.2, 0.25) is 0 Å². The molecule has 0 saturated carbocycles. The van der Waals surface area contributed by atoms with E-state index in [-0.39, 0.29) is 17.4 Å². The molecule has 3 heterocycles. The maximum atomic E-state index is 13.5. The maximum absolute atomic E-state index is 13.5. The van der Waals surface area contributed by atoms with E-state index >= 15 is 0 Å². The molecule has 2 aromatic carbocycles. The highest BCUT2D eigenvalue weighted by molar-refractivity contribution is 6.46. The topological polar surface area (TPSA) is 105 Å². The van der Waals surface area contributed by atoms with Gasteiger partial charge in [-0.3, -0.25) is 14.6 Å². The Morgan fingerprint density at radius 2 is 2.02 bits per heavy atom. The van der Waals surface area contributed by atoms with Crippen LogP contribution in [0.3, 0.4) is 0 Å². The van der Waals surface area contributed by atoms with E-state index in [9.17, 15) is 14.7 Å². The number of benzene rings is 2. The van der Waals surface area contributed by atoms with Gasteiger partial charge in [-0.15, -0.1) is 0 Å². The zero-order chi connectivity index (χ0) is 29.1. The van der Waals surface area contributed by atoms with Gasteiger partial charge >= 0.3 is 0 Å². The Hall–Kier alpha value is -4.27. The molecule has 2 atom stereocenters. The molecular formula is C32H38N3O6+. The summed E-state index contributed by atoms with van der Waals surface area (Å²) in [6.45, 7) is 7.79. The summed E-state index contributed by atoms with van der Waals surface area (Å²) in [5.41, 5.74) is 2.16. The summed E-state index contributed by atoms with van der Waals surface area (Å²) < 4.78 is 19.4. The number of nitrogens with zero attached hydrogens (tertiary/aromatic N) is 2. The van der Waals surface area contributed by atoms with E-state index in [1.54, 1.807) is 36.3 Å². The fraction of sp³-hybridized carbons (Fsp3) is 0.406. The molecule has 5 rings (SSSR count). The van der Waals surface area contributed by atoms with Gasteiger partial charge in [0.05, 0.1) is 31.9 Å². The number of aliphatic hydroxyl groups is 1. The highest BCUT2D eigenvalue weighted by Gasteiger charge is 2.46. The van der Waals surface area contributed by atoms with Gasteiger partial charge in [0.1, 0.15) is 30.0 Å². The molecule has 2 aliphatic rings. The van der Waals surface area contributed by atoms with Gasteiger partial charge in [0, 0.05) is 24.9 Å². The Morgan fingerprint density at radius 3 is 2.76 bits per heavy atom. The number of H-pyrrole nitrogens is 1. The van der Waals surface area contributed by atoms with Crippen LogP contribution in [0.15, 0.2) is 60.7 Å². The van der Waals surface area contributed by atoms with E-state index in [2.05, 4.69) is 18.8 Å². The number of hydrogen-bond donors (Lipinski definition) is 2. The van der Waals surface area contributed by atoms with E-state index in [1.807, 2.05) is 42.3 Å². The number of imidazole rings is 1. The second-order valence-corrected chi connectivity index (χ2v) is 11.1. The molecule has 3 aromatic rings. The molecule has 2 aliphatic heterocycles. The van der Waals surface area contributed by atoms with Crippen LogP contribution in [0.4, 0.5) is 0 Å². The van der Waals surface area contributed by atoms with Crippen molar-refractivity contribution in [3.05, 3.63) is 77.4 Å². The number of aromatic amines is 1. The van der Waals surface area contributed by atoms with E-state index in [0.29, 0.717) is 61.1 Å². The molecule has 41 heavy (non-hydrogen) atoms. The van der Waals surface area contributed by atoms with Gasteiger partial charge in [0.2, 0.25) is 6.33 Å². The van der Waals surface area contributed by atoms with Crippen molar-refractivity contribution in [1.82, 2.24) is 9.88 Å². The molecule has 1 aromatic heterocycles. The van der Waals surface area contributed by atoms with Crippen LogP contribution in [0.1, 0.15) is 56.3 Å². The SMILES string of the molecule is COc1cc(C2/C(=C(\O)c3ccc4c(c3)CC(C)O4)C(=O)C(=O)N2CCC[n+]2cc[nH]c2)ccc1OCCC(C)C. The minimum atomic E-state index is -0.784. The van der Waals surface area contributed by atoms with Crippen molar-refractivity contribution in [2.75, 3.05) is 20.3 Å². The number of likely N-dealkylation sites (tertiary alicyclic amines) is 1. The number of hydrogen-bond acceptors (Lipinski definition) is 6. The minimum absolute atomic E-state index is 0.0413. The first-order valence-electron chi connectivity index (χ1n) is 14.2. The lowest BCUT2D eigenvalue weighted by atomic mass is 9.94. The number of aryl methyl sites for hydroxylation is 1. The molecule has 9 heteroatoms. The number of fused-ring (bicyclic) bond motifs is 1. The second kappa shape index (κ2) is 12.1. The molecule has 1 amide bonds. The van der Waals surface area contributed by atoms with E-state index in [4.69, 9.17) is 14.2 Å². The molecule has 2 unspecified atom stereocenters. The third-order valence-electron chi connectivity index (χ3n) is 7.58. The van der Waals surface area contributed by atoms with Gasteiger partial charge in [-0.2, -0.15) is 0 Å². The van der Waals surface area contributed by atoms with Crippen molar-refractivity contribution in [3.8, 4) is 17.2 Å². The fourth-order valence-electron chi connectivity index (χ4n) is 5.44. The third-order valence-corrected chi connectivity index (χ3v) is 7.58. The van der Waals surface area contributed by atoms with Crippen molar-refractivity contribution in [1.29, 1.82) is 0 Å². The van der Waals surface area contributed by atoms with Gasteiger partial charge in [-0.05, 0) is 60.7 Å². The number of carbonyl (C=O) groups is 2. The van der Waals surface area contributed by atoms with Crippen LogP contribution in [-0.4, -0.2) is 53.0 Å². The number of aliphatic hydroxyl groups excluding tert-OH is 1. The first kappa shape index (κ1) is 28.3. The van der Waals surface area contributed by atoms with Crippen LogP contribution >= 0.6 is 0 Å². The molecule has 1 fully saturated rings. The number of nitrogens with one attached hydrogen (secondary N) is 1. The summed E-state index contributed by atoms with van der Waals surface area (Å²) in [5.74, 6) is 0.820. The average Bonchev–Trinajstić information content (AvgIpc) is 3.66. The van der Waals surface area contributed by atoms with E-state index in [0.717, 1.165) is 17.7 Å². The Kier molecular flexibility index (Phi) is 8.33. The number of rotatable bonds is 11. The summed E-state index contributed by atoms with van der Waals surface area (Å²) in [6.07, 6.45) is 7.84. The number of amides is 1. The van der Waals surface area contributed by atoms with Crippen LogP contribution < -0.4 is 18.8 Å². The molecular weight excluding hydrogens is 522 g/mol. The van der Waals surface area contributed by atoms with Gasteiger partial charge in [0.25, 0.3) is 11.7 Å². The molecule has 0 spiro atoms. The highest BCUT2D eigenvalue weighted by atomic mass is 16.5. The largest absolute Gasteiger partial charge is 0.507 e. The average molecular weight is 561 g/mol. The molecule has 216 valence electrons. The monoisotopic (exact) mass is 560 g/mol. The lowest BCUT2D eigenvalue weighted by molar-refractivity contribution is -0.695. The Bertz CT molecular complexity index is 1450. The summed E-state index contributed by atoms with van der Waals surface area (Å²) in [4.78, 5) is 31.5. The number of carbonyl (C=O) groups excluding carboxylic acids is 2. The van der Waals surface area contributed by atoms with Crippen molar-refractivity contribution in [2.45, 2.75) is 58.7 Å². The van der Waals surface area contributed by atoms with Crippen LogP contribution in [0.25, 0.3) is 5.76 Å². The second-order valence-electron chi connectivity index (χ2n) is 11.1.